The fourth-order valence-corrected chi connectivity index (χ4v) is 2.07. The van der Waals surface area contributed by atoms with Crippen LogP contribution < -0.4 is 11.1 Å². The number of aliphatic carboxylic acids is 1. The molecule has 7 nitrogen and oxygen atoms in total. The van der Waals surface area contributed by atoms with Gasteiger partial charge in [-0.3, -0.25) is 4.79 Å². The molecule has 0 aromatic heterocycles. The number of nitrogens with one attached hydrogen (secondary N) is 1. The van der Waals surface area contributed by atoms with Gasteiger partial charge in [-0.25, -0.2) is 9.59 Å². The number of nitrogens with two attached hydrogens (primary N) is 1. The number of carboxylic acid groups (broad SMARTS) is 1. The fourth-order valence-electron chi connectivity index (χ4n) is 2.07. The Morgan fingerprint density at radius 1 is 1.38 bits per heavy atom. The maximum Gasteiger partial charge on any atom is 0.393 e. The lowest BCUT2D eigenvalue weighted by molar-refractivity contribution is -0.184. The molecule has 0 aromatic rings. The van der Waals surface area contributed by atoms with Crippen LogP contribution in [0.15, 0.2) is 0 Å². The minimum Gasteiger partial charge on any atom is -0.480 e. The Morgan fingerprint density at radius 2 is 2.00 bits per heavy atom. The number of rotatable bonds is 4. The number of primary amides is 1. The highest BCUT2D eigenvalue weighted by Gasteiger charge is 2.43. The molecule has 1 aliphatic rings. The molecule has 1 saturated heterocycles. The van der Waals surface area contributed by atoms with Gasteiger partial charge in [0.25, 0.3) is 0 Å². The van der Waals surface area contributed by atoms with Crippen LogP contribution in [0, 0.1) is 5.92 Å². The number of amides is 3. The molecule has 0 aromatic carbocycles. The van der Waals surface area contributed by atoms with E-state index in [2.05, 4.69) is 0 Å². The highest BCUT2D eigenvalue weighted by atomic mass is 19.4. The van der Waals surface area contributed by atoms with E-state index in [4.69, 9.17) is 10.8 Å². The molecular weight excluding hydrogens is 295 g/mol. The number of alkyl halides is 3. The van der Waals surface area contributed by atoms with Gasteiger partial charge in [-0.1, -0.05) is 0 Å². The molecule has 4 N–H and O–H groups in total. The van der Waals surface area contributed by atoms with Crippen molar-refractivity contribution in [1.82, 2.24) is 10.2 Å². The Balaban J connectivity index is 2.65. The van der Waals surface area contributed by atoms with E-state index < -0.39 is 49.0 Å². The first-order valence-electron chi connectivity index (χ1n) is 6.24. The number of hydrogen-bond acceptors (Lipinski definition) is 3. The maximum absolute atomic E-state index is 12.6. The van der Waals surface area contributed by atoms with Crippen molar-refractivity contribution in [1.29, 1.82) is 0 Å². The Morgan fingerprint density at radius 3 is 2.48 bits per heavy atom. The molecule has 10 heteroatoms. The number of hydrogen-bond donors (Lipinski definition) is 3. The second-order valence-corrected chi connectivity index (χ2v) is 4.84. The summed E-state index contributed by atoms with van der Waals surface area (Å²) in [5.74, 6) is -4.04. The molecular formula is C11H16F3N3O4. The molecule has 1 heterocycles. The van der Waals surface area contributed by atoms with Crippen molar-refractivity contribution in [2.75, 3.05) is 13.1 Å². The summed E-state index contributed by atoms with van der Waals surface area (Å²) in [4.78, 5) is 34.3. The maximum atomic E-state index is 12.6. The van der Waals surface area contributed by atoms with Crippen molar-refractivity contribution in [2.45, 2.75) is 31.5 Å². The summed E-state index contributed by atoms with van der Waals surface area (Å²) < 4.78 is 37.9. The summed E-state index contributed by atoms with van der Waals surface area (Å²) in [6.07, 6.45) is -4.93. The predicted molar refractivity (Wildman–Crippen MR) is 64.1 cm³/mol. The summed E-state index contributed by atoms with van der Waals surface area (Å²) >= 11 is 0. The number of nitrogens with zero attached hydrogens (tertiary/aromatic N) is 1. The average Bonchev–Trinajstić information content (AvgIpc) is 2.36. The Kier molecular flexibility index (Phi) is 5.39. The lowest BCUT2D eigenvalue weighted by Gasteiger charge is -2.34. The molecule has 0 saturated carbocycles. The van der Waals surface area contributed by atoms with E-state index in [-0.39, 0.29) is 19.4 Å². The highest BCUT2D eigenvalue weighted by Crippen LogP contribution is 2.33. The number of piperidine rings is 1. The molecule has 1 fully saturated rings. The summed E-state index contributed by atoms with van der Waals surface area (Å²) in [5.41, 5.74) is 4.85. The van der Waals surface area contributed by atoms with Crippen LogP contribution in [0.3, 0.4) is 0 Å². The van der Waals surface area contributed by atoms with Gasteiger partial charge in [0.1, 0.15) is 6.04 Å². The molecule has 2 atom stereocenters. The average molecular weight is 311 g/mol. The van der Waals surface area contributed by atoms with E-state index in [0.29, 0.717) is 0 Å². The summed E-state index contributed by atoms with van der Waals surface area (Å²) in [5, 5.41) is 10.8. The van der Waals surface area contributed by atoms with Gasteiger partial charge in [0.2, 0.25) is 5.91 Å². The first kappa shape index (κ1) is 17.1. The monoisotopic (exact) mass is 311 g/mol. The molecule has 1 aliphatic heterocycles. The van der Waals surface area contributed by atoms with Crippen molar-refractivity contribution in [3.63, 3.8) is 0 Å². The second-order valence-electron chi connectivity index (χ2n) is 4.84. The number of halogens is 3. The van der Waals surface area contributed by atoms with Crippen LogP contribution in [0.4, 0.5) is 18.0 Å². The second kappa shape index (κ2) is 6.64. The van der Waals surface area contributed by atoms with Gasteiger partial charge in [0, 0.05) is 13.1 Å². The van der Waals surface area contributed by atoms with E-state index in [1.165, 1.54) is 0 Å². The first-order chi connectivity index (χ1) is 9.61. The largest absolute Gasteiger partial charge is 0.480 e. The third kappa shape index (κ3) is 5.12. The first-order valence-corrected chi connectivity index (χ1v) is 6.24. The lowest BCUT2D eigenvalue weighted by atomic mass is 9.98. The number of likely N-dealkylation sites (tertiary alicyclic amines) is 1. The molecule has 0 spiro atoms. The highest BCUT2D eigenvalue weighted by molar-refractivity contribution is 5.87. The zero-order valence-corrected chi connectivity index (χ0v) is 11.0. The van der Waals surface area contributed by atoms with Gasteiger partial charge >= 0.3 is 18.2 Å². The van der Waals surface area contributed by atoms with Crippen molar-refractivity contribution < 1.29 is 32.7 Å². The smallest absolute Gasteiger partial charge is 0.393 e. The molecule has 21 heavy (non-hydrogen) atoms. The van der Waals surface area contributed by atoms with Crippen LogP contribution in [0.1, 0.15) is 19.3 Å². The summed E-state index contributed by atoms with van der Waals surface area (Å²) in [6.45, 7) is -0.431. The third-order valence-corrected chi connectivity index (χ3v) is 3.17. The Hall–Kier alpha value is -2.00. The quantitative estimate of drug-likeness (QED) is 0.693. The van der Waals surface area contributed by atoms with Gasteiger partial charge in [0.05, 0.1) is 12.3 Å². The van der Waals surface area contributed by atoms with Crippen molar-refractivity contribution in [3.05, 3.63) is 0 Å². The molecule has 0 radical (unpaired) electrons. The van der Waals surface area contributed by atoms with E-state index in [1.807, 2.05) is 5.32 Å². The van der Waals surface area contributed by atoms with Crippen LogP contribution in [-0.4, -0.2) is 53.2 Å². The van der Waals surface area contributed by atoms with E-state index in [1.54, 1.807) is 0 Å². The van der Waals surface area contributed by atoms with Crippen molar-refractivity contribution >= 4 is 17.9 Å². The van der Waals surface area contributed by atoms with Gasteiger partial charge in [-0.15, -0.1) is 0 Å². The van der Waals surface area contributed by atoms with Gasteiger partial charge in [0.15, 0.2) is 0 Å². The number of carbonyl (C=O) groups excluding carboxylic acids is 2. The number of urea groups is 1. The minimum absolute atomic E-state index is 0.0725. The summed E-state index contributed by atoms with van der Waals surface area (Å²) in [7, 11) is 0. The Bertz CT molecular complexity index is 427. The zero-order chi connectivity index (χ0) is 16.2. The van der Waals surface area contributed by atoms with Gasteiger partial charge in [-0.05, 0) is 12.8 Å². The summed E-state index contributed by atoms with van der Waals surface area (Å²) in [6, 6.07) is -2.50. The van der Waals surface area contributed by atoms with Gasteiger partial charge in [-0.2, -0.15) is 13.2 Å². The van der Waals surface area contributed by atoms with Crippen LogP contribution in [0.5, 0.6) is 0 Å². The van der Waals surface area contributed by atoms with E-state index >= 15 is 0 Å². The standard InChI is InChI=1S/C11H16F3N3O4/c12-11(13,14)6-2-1-3-17(5-6)10(21)16-7(9(19)20)4-8(15)18/h6-7H,1-5H2,(H2,15,18)(H,16,21)(H,19,20)/t6?,7-/m0/s1. The molecule has 120 valence electrons. The van der Waals surface area contributed by atoms with Gasteiger partial charge < -0.3 is 21.1 Å². The van der Waals surface area contributed by atoms with Crippen molar-refractivity contribution in [2.24, 2.45) is 11.7 Å². The van der Waals surface area contributed by atoms with Crippen molar-refractivity contribution in [3.8, 4) is 0 Å². The SMILES string of the molecule is NC(=O)C[C@H](NC(=O)N1CCCC(C(F)(F)F)C1)C(=O)O. The predicted octanol–water partition coefficient (Wildman–Crippen LogP) is 0.299. The third-order valence-electron chi connectivity index (χ3n) is 3.17. The van der Waals surface area contributed by atoms with Crippen LogP contribution in [0.2, 0.25) is 0 Å². The van der Waals surface area contributed by atoms with E-state index in [9.17, 15) is 27.6 Å². The molecule has 1 rings (SSSR count). The lowest BCUT2D eigenvalue weighted by Crippen LogP contribution is -2.53. The molecule has 0 aliphatic carbocycles. The number of carboxylic acids is 1. The molecule has 0 bridgehead atoms. The number of carbonyl (C=O) groups is 3. The van der Waals surface area contributed by atoms with Crippen LogP contribution in [-0.2, 0) is 9.59 Å². The Labute approximate surface area is 118 Å². The minimum atomic E-state index is -4.40. The van der Waals surface area contributed by atoms with Crippen LogP contribution in [0.25, 0.3) is 0 Å². The van der Waals surface area contributed by atoms with E-state index in [0.717, 1.165) is 4.90 Å². The normalized spacial score (nSPS) is 20.7. The molecule has 1 unspecified atom stereocenters. The zero-order valence-electron chi connectivity index (χ0n) is 11.0. The van der Waals surface area contributed by atoms with Crippen LogP contribution >= 0.6 is 0 Å². The molecule has 3 amide bonds. The fraction of sp³-hybridized carbons (Fsp3) is 0.727. The topological polar surface area (TPSA) is 113 Å².